The summed E-state index contributed by atoms with van der Waals surface area (Å²) < 4.78 is 4.17. The van der Waals surface area contributed by atoms with Gasteiger partial charge in [0.15, 0.2) is 0 Å². The number of esters is 1. The van der Waals surface area contributed by atoms with Crippen molar-refractivity contribution in [2.45, 2.75) is 0 Å². The highest BCUT2D eigenvalue weighted by Crippen LogP contribution is 1.72. The number of allylic oxidation sites excluding steroid dienone is 1. The smallest absolute Gasteiger partial charge is 0.330 e. The van der Waals surface area contributed by atoms with Crippen LogP contribution in [-0.2, 0) is 14.3 Å². The summed E-state index contributed by atoms with van der Waals surface area (Å²) >= 11 is 0. The number of methoxy groups -OCH3 is 1. The van der Waals surface area contributed by atoms with Crippen molar-refractivity contribution in [3.63, 3.8) is 0 Å². The predicted octanol–water partition coefficient (Wildman–Crippen LogP) is -0.0855. The van der Waals surface area contributed by atoms with Gasteiger partial charge >= 0.3 is 5.97 Å². The van der Waals surface area contributed by atoms with Crippen LogP contribution in [0.3, 0.4) is 0 Å². The Morgan fingerprint density at radius 1 is 1.62 bits per heavy atom. The van der Waals surface area contributed by atoms with Crippen molar-refractivity contribution in [2.24, 2.45) is 0 Å². The molecule has 0 atom stereocenters. The van der Waals surface area contributed by atoms with Gasteiger partial charge in [-0.3, -0.25) is 4.79 Å². The molecule has 0 amide bonds. The molecular weight excluding hydrogens is 108 g/mol. The summed E-state index contributed by atoms with van der Waals surface area (Å²) in [5.74, 6) is -0.517. The molecular formula is C5H6O3. The van der Waals surface area contributed by atoms with Crippen LogP contribution in [-0.4, -0.2) is 19.4 Å². The lowest BCUT2D eigenvalue weighted by molar-refractivity contribution is -0.135. The summed E-state index contributed by atoms with van der Waals surface area (Å²) in [6.45, 7) is 0. The number of carbonyl (C=O) groups is 2. The number of ether oxygens (including phenoxy) is 1. The van der Waals surface area contributed by atoms with E-state index >= 15 is 0 Å². The standard InChI is InChI=1S/C5H6O3/c1-8-5(7)3-2-4-6/h2-4H,1H3/b3-2-. The van der Waals surface area contributed by atoms with E-state index in [4.69, 9.17) is 0 Å². The molecule has 0 heterocycles. The summed E-state index contributed by atoms with van der Waals surface area (Å²) in [6, 6.07) is 0. The number of carbonyl (C=O) groups excluding carboxylic acids is 2. The Bertz CT molecular complexity index is 115. The van der Waals surface area contributed by atoms with Crippen LogP contribution in [0.2, 0.25) is 0 Å². The maximum absolute atomic E-state index is 10.1. The molecule has 8 heavy (non-hydrogen) atoms. The van der Waals surface area contributed by atoms with Gasteiger partial charge in [0.25, 0.3) is 0 Å². The lowest BCUT2D eigenvalue weighted by Gasteiger charge is -1.84. The van der Waals surface area contributed by atoms with Crippen LogP contribution in [0, 0.1) is 0 Å². The van der Waals surface area contributed by atoms with E-state index in [0.717, 1.165) is 12.2 Å². The molecule has 0 radical (unpaired) electrons. The van der Waals surface area contributed by atoms with E-state index in [-0.39, 0.29) is 0 Å². The molecule has 0 aliphatic rings. The Kier molecular flexibility index (Phi) is 3.48. The molecule has 0 unspecified atom stereocenters. The highest BCUT2D eigenvalue weighted by molar-refractivity contribution is 5.86. The number of rotatable bonds is 2. The van der Waals surface area contributed by atoms with Crippen molar-refractivity contribution in [1.82, 2.24) is 0 Å². The van der Waals surface area contributed by atoms with Crippen molar-refractivity contribution in [2.75, 3.05) is 7.11 Å². The van der Waals surface area contributed by atoms with Gasteiger partial charge in [-0.05, 0) is 6.08 Å². The second-order valence-corrected chi connectivity index (χ2v) is 1.02. The first-order valence-corrected chi connectivity index (χ1v) is 2.01. The zero-order chi connectivity index (χ0) is 6.41. The van der Waals surface area contributed by atoms with Crippen LogP contribution in [0.5, 0.6) is 0 Å². The molecule has 44 valence electrons. The average Bonchev–Trinajstić information content (AvgIpc) is 1.83. The lowest BCUT2D eigenvalue weighted by atomic mass is 10.5. The van der Waals surface area contributed by atoms with Crippen molar-refractivity contribution in [3.8, 4) is 0 Å². The van der Waals surface area contributed by atoms with Gasteiger partial charge in [-0.25, -0.2) is 4.79 Å². The number of hydrogen-bond donors (Lipinski definition) is 0. The average molecular weight is 114 g/mol. The molecule has 3 nitrogen and oxygen atoms in total. The first-order chi connectivity index (χ1) is 3.81. The van der Waals surface area contributed by atoms with Crippen molar-refractivity contribution >= 4 is 12.3 Å². The SMILES string of the molecule is COC(=O)/C=C\C=O. The van der Waals surface area contributed by atoms with Crippen molar-refractivity contribution in [3.05, 3.63) is 12.2 Å². The van der Waals surface area contributed by atoms with Gasteiger partial charge < -0.3 is 4.74 Å². The Morgan fingerprint density at radius 2 is 2.25 bits per heavy atom. The minimum Gasteiger partial charge on any atom is -0.466 e. The number of hydrogen-bond acceptors (Lipinski definition) is 3. The van der Waals surface area contributed by atoms with Gasteiger partial charge in [0.2, 0.25) is 0 Å². The molecule has 0 aromatic carbocycles. The molecule has 0 spiro atoms. The van der Waals surface area contributed by atoms with Crippen LogP contribution in [0.25, 0.3) is 0 Å². The highest BCUT2D eigenvalue weighted by atomic mass is 16.5. The molecule has 0 N–H and O–H groups in total. The summed E-state index contributed by atoms with van der Waals surface area (Å²) in [6.07, 6.45) is 2.63. The molecule has 0 fully saturated rings. The van der Waals surface area contributed by atoms with Gasteiger partial charge in [-0.15, -0.1) is 0 Å². The first-order valence-electron chi connectivity index (χ1n) is 2.01. The second kappa shape index (κ2) is 4.05. The van der Waals surface area contributed by atoms with Gasteiger partial charge in [0.1, 0.15) is 6.29 Å². The fourth-order valence-electron chi connectivity index (χ4n) is 0.186. The normalized spacial score (nSPS) is 9.12. The molecule has 0 aliphatic heterocycles. The Morgan fingerprint density at radius 3 is 2.62 bits per heavy atom. The summed E-state index contributed by atoms with van der Waals surface area (Å²) in [5.41, 5.74) is 0. The van der Waals surface area contributed by atoms with E-state index in [1.54, 1.807) is 0 Å². The summed E-state index contributed by atoms with van der Waals surface area (Å²) in [5, 5.41) is 0. The third-order valence-electron chi connectivity index (χ3n) is 0.512. The topological polar surface area (TPSA) is 43.4 Å². The van der Waals surface area contributed by atoms with Gasteiger partial charge in [0, 0.05) is 6.08 Å². The van der Waals surface area contributed by atoms with Crippen LogP contribution in [0.1, 0.15) is 0 Å². The Labute approximate surface area is 46.9 Å². The third kappa shape index (κ3) is 3.08. The van der Waals surface area contributed by atoms with Crippen LogP contribution in [0.15, 0.2) is 12.2 Å². The van der Waals surface area contributed by atoms with E-state index in [9.17, 15) is 9.59 Å². The van der Waals surface area contributed by atoms with Crippen LogP contribution < -0.4 is 0 Å². The molecule has 0 aromatic heterocycles. The fraction of sp³-hybridized carbons (Fsp3) is 0.200. The Balaban J connectivity index is 3.52. The summed E-state index contributed by atoms with van der Waals surface area (Å²) in [4.78, 5) is 19.6. The van der Waals surface area contributed by atoms with E-state index in [2.05, 4.69) is 4.74 Å². The first kappa shape index (κ1) is 6.88. The monoisotopic (exact) mass is 114 g/mol. The molecule has 3 heteroatoms. The molecule has 0 aliphatic carbocycles. The van der Waals surface area contributed by atoms with E-state index in [0.29, 0.717) is 6.29 Å². The van der Waals surface area contributed by atoms with Gasteiger partial charge in [-0.1, -0.05) is 0 Å². The number of aldehydes is 1. The minimum atomic E-state index is -0.517. The van der Waals surface area contributed by atoms with E-state index in [1.807, 2.05) is 0 Å². The van der Waals surface area contributed by atoms with E-state index < -0.39 is 5.97 Å². The molecule has 0 rings (SSSR count). The van der Waals surface area contributed by atoms with Gasteiger partial charge in [0.05, 0.1) is 7.11 Å². The molecule has 0 saturated heterocycles. The fourth-order valence-corrected chi connectivity index (χ4v) is 0.186. The molecule has 0 aromatic rings. The van der Waals surface area contributed by atoms with Gasteiger partial charge in [-0.2, -0.15) is 0 Å². The largest absolute Gasteiger partial charge is 0.466 e. The zero-order valence-corrected chi connectivity index (χ0v) is 4.46. The van der Waals surface area contributed by atoms with Crippen LogP contribution >= 0.6 is 0 Å². The van der Waals surface area contributed by atoms with Crippen LogP contribution in [0.4, 0.5) is 0 Å². The van der Waals surface area contributed by atoms with Crippen molar-refractivity contribution < 1.29 is 14.3 Å². The second-order valence-electron chi connectivity index (χ2n) is 1.02. The highest BCUT2D eigenvalue weighted by Gasteiger charge is 1.85. The lowest BCUT2D eigenvalue weighted by Crippen LogP contribution is -1.93. The third-order valence-corrected chi connectivity index (χ3v) is 0.512. The van der Waals surface area contributed by atoms with Crippen molar-refractivity contribution in [1.29, 1.82) is 0 Å². The maximum Gasteiger partial charge on any atom is 0.330 e. The van der Waals surface area contributed by atoms with E-state index in [1.165, 1.54) is 7.11 Å². The predicted molar refractivity (Wildman–Crippen MR) is 27.2 cm³/mol. The summed E-state index contributed by atoms with van der Waals surface area (Å²) in [7, 11) is 1.25. The quantitative estimate of drug-likeness (QED) is 0.286. The molecule has 0 saturated carbocycles. The molecule has 0 bridgehead atoms. The zero-order valence-electron chi connectivity index (χ0n) is 4.46. The Hall–Kier alpha value is -1.12. The maximum atomic E-state index is 10.1. The minimum absolute atomic E-state index is 0.511.